The quantitative estimate of drug-likeness (QED) is 0.830. The summed E-state index contributed by atoms with van der Waals surface area (Å²) in [5.41, 5.74) is 1.98. The van der Waals surface area contributed by atoms with Crippen molar-refractivity contribution in [3.05, 3.63) is 41.9 Å². The van der Waals surface area contributed by atoms with Crippen LogP contribution in [0, 0.1) is 5.92 Å². The standard InChI is InChI=1S/C14H15N2O/c1-9(14(17)15-11-6-7-11)13-8-10-4-2-3-5-12(10)16-13/h2-5,8,11,16H,6-7H2,1H3,(H,15,17). The van der Waals surface area contributed by atoms with E-state index in [0.717, 1.165) is 35.4 Å². The molecular weight excluding hydrogens is 212 g/mol. The van der Waals surface area contributed by atoms with E-state index in [1.807, 2.05) is 37.3 Å². The summed E-state index contributed by atoms with van der Waals surface area (Å²) in [5.74, 6) is 0.798. The van der Waals surface area contributed by atoms with Gasteiger partial charge in [0, 0.05) is 17.3 Å². The van der Waals surface area contributed by atoms with Gasteiger partial charge in [-0.05, 0) is 37.3 Å². The molecule has 1 heterocycles. The third-order valence-electron chi connectivity index (χ3n) is 3.19. The smallest absolute Gasteiger partial charge is 0.233 e. The van der Waals surface area contributed by atoms with Crippen molar-refractivity contribution in [1.29, 1.82) is 0 Å². The summed E-state index contributed by atoms with van der Waals surface area (Å²) in [7, 11) is 0. The van der Waals surface area contributed by atoms with Crippen LogP contribution in [-0.4, -0.2) is 16.9 Å². The molecule has 17 heavy (non-hydrogen) atoms. The fourth-order valence-corrected chi connectivity index (χ4v) is 1.92. The molecule has 1 amide bonds. The van der Waals surface area contributed by atoms with Crippen LogP contribution in [0.15, 0.2) is 30.3 Å². The summed E-state index contributed by atoms with van der Waals surface area (Å²) in [6.07, 6.45) is 2.23. The molecule has 3 nitrogen and oxygen atoms in total. The topological polar surface area (TPSA) is 44.9 Å². The number of rotatable bonds is 3. The van der Waals surface area contributed by atoms with Crippen LogP contribution < -0.4 is 5.32 Å². The average molecular weight is 227 g/mol. The molecule has 3 rings (SSSR count). The molecule has 1 fully saturated rings. The van der Waals surface area contributed by atoms with Gasteiger partial charge in [-0.1, -0.05) is 18.2 Å². The number of para-hydroxylation sites is 1. The van der Waals surface area contributed by atoms with Crippen LogP contribution in [0.5, 0.6) is 0 Å². The molecule has 0 aliphatic heterocycles. The molecule has 1 aromatic carbocycles. The second-order valence-corrected chi connectivity index (χ2v) is 4.64. The van der Waals surface area contributed by atoms with E-state index in [2.05, 4.69) is 10.3 Å². The van der Waals surface area contributed by atoms with Crippen molar-refractivity contribution in [1.82, 2.24) is 10.3 Å². The van der Waals surface area contributed by atoms with Crippen LogP contribution in [0.3, 0.4) is 0 Å². The SMILES string of the molecule is C[C](C(=O)NC1CC1)c1cc2ccccc2[nH]1. The summed E-state index contributed by atoms with van der Waals surface area (Å²) in [6.45, 7) is 1.86. The second-order valence-electron chi connectivity index (χ2n) is 4.64. The minimum atomic E-state index is 0.0408. The maximum absolute atomic E-state index is 11.9. The van der Waals surface area contributed by atoms with Gasteiger partial charge in [0.1, 0.15) is 5.92 Å². The Bertz CT molecular complexity index is 521. The molecule has 2 N–H and O–H groups in total. The Hall–Kier alpha value is -1.77. The van der Waals surface area contributed by atoms with Crippen molar-refractivity contribution in [2.75, 3.05) is 0 Å². The van der Waals surface area contributed by atoms with E-state index in [9.17, 15) is 4.79 Å². The van der Waals surface area contributed by atoms with E-state index in [1.165, 1.54) is 0 Å². The van der Waals surface area contributed by atoms with Crippen molar-refractivity contribution < 1.29 is 4.79 Å². The lowest BCUT2D eigenvalue weighted by Gasteiger charge is -2.08. The second kappa shape index (κ2) is 3.91. The number of carbonyl (C=O) groups is 1. The van der Waals surface area contributed by atoms with Gasteiger partial charge in [0.25, 0.3) is 0 Å². The number of amides is 1. The average Bonchev–Trinajstić information content (AvgIpc) is 3.04. The molecule has 1 aromatic heterocycles. The highest BCUT2D eigenvalue weighted by molar-refractivity contribution is 5.95. The maximum Gasteiger partial charge on any atom is 0.233 e. The monoisotopic (exact) mass is 227 g/mol. The number of fused-ring (bicyclic) bond motifs is 1. The number of hydrogen-bond donors (Lipinski definition) is 2. The third kappa shape index (κ3) is 2.05. The van der Waals surface area contributed by atoms with Gasteiger partial charge in [-0.25, -0.2) is 0 Å². The first-order valence-corrected chi connectivity index (χ1v) is 5.96. The van der Waals surface area contributed by atoms with E-state index in [4.69, 9.17) is 0 Å². The third-order valence-corrected chi connectivity index (χ3v) is 3.19. The van der Waals surface area contributed by atoms with Crippen LogP contribution in [0.1, 0.15) is 25.5 Å². The molecule has 87 valence electrons. The van der Waals surface area contributed by atoms with E-state index in [-0.39, 0.29) is 5.91 Å². The van der Waals surface area contributed by atoms with E-state index < -0.39 is 0 Å². The summed E-state index contributed by atoms with van der Waals surface area (Å²) >= 11 is 0. The van der Waals surface area contributed by atoms with E-state index in [0.29, 0.717) is 6.04 Å². The first-order valence-electron chi connectivity index (χ1n) is 5.96. The first-order chi connectivity index (χ1) is 8.24. The highest BCUT2D eigenvalue weighted by Gasteiger charge is 2.27. The summed E-state index contributed by atoms with van der Waals surface area (Å²) < 4.78 is 0. The zero-order chi connectivity index (χ0) is 11.8. The molecule has 0 atom stereocenters. The molecular formula is C14H15N2O. The number of aromatic nitrogens is 1. The van der Waals surface area contributed by atoms with Crippen molar-refractivity contribution in [3.8, 4) is 0 Å². The maximum atomic E-state index is 11.9. The van der Waals surface area contributed by atoms with Crippen molar-refractivity contribution in [2.45, 2.75) is 25.8 Å². The van der Waals surface area contributed by atoms with Gasteiger partial charge in [-0.3, -0.25) is 4.79 Å². The number of nitrogens with one attached hydrogen (secondary N) is 2. The fourth-order valence-electron chi connectivity index (χ4n) is 1.92. The highest BCUT2D eigenvalue weighted by atomic mass is 16.2. The summed E-state index contributed by atoms with van der Waals surface area (Å²) in [6, 6.07) is 10.5. The molecule has 0 saturated heterocycles. The zero-order valence-electron chi connectivity index (χ0n) is 9.79. The van der Waals surface area contributed by atoms with Crippen LogP contribution >= 0.6 is 0 Å². The lowest BCUT2D eigenvalue weighted by atomic mass is 10.1. The predicted molar refractivity (Wildman–Crippen MR) is 67.5 cm³/mol. The normalized spacial score (nSPS) is 15.4. The Kier molecular flexibility index (Phi) is 2.39. The molecule has 0 spiro atoms. The molecule has 0 unspecified atom stereocenters. The van der Waals surface area contributed by atoms with Crippen LogP contribution in [0.4, 0.5) is 0 Å². The van der Waals surface area contributed by atoms with Gasteiger partial charge in [0.15, 0.2) is 0 Å². The lowest BCUT2D eigenvalue weighted by molar-refractivity contribution is -0.119. The number of aromatic amines is 1. The summed E-state index contributed by atoms with van der Waals surface area (Å²) in [4.78, 5) is 15.2. The Balaban J connectivity index is 1.83. The number of carbonyl (C=O) groups excluding carboxylic acids is 1. The van der Waals surface area contributed by atoms with Crippen LogP contribution in [0.2, 0.25) is 0 Å². The molecule has 3 heteroatoms. The molecule has 0 bridgehead atoms. The predicted octanol–water partition coefficient (Wildman–Crippen LogP) is 2.39. The number of hydrogen-bond acceptors (Lipinski definition) is 1. The van der Waals surface area contributed by atoms with Crippen molar-refractivity contribution in [3.63, 3.8) is 0 Å². The van der Waals surface area contributed by atoms with Crippen molar-refractivity contribution >= 4 is 16.8 Å². The molecule has 1 saturated carbocycles. The van der Waals surface area contributed by atoms with Gasteiger partial charge < -0.3 is 10.3 Å². The fraction of sp³-hybridized carbons (Fsp3) is 0.286. The largest absolute Gasteiger partial charge is 0.357 e. The number of benzene rings is 1. The number of H-pyrrole nitrogens is 1. The highest BCUT2D eigenvalue weighted by Crippen LogP contribution is 2.23. The summed E-state index contributed by atoms with van der Waals surface area (Å²) in [5, 5.41) is 4.14. The van der Waals surface area contributed by atoms with E-state index in [1.54, 1.807) is 0 Å². The molecule has 1 aliphatic rings. The Morgan fingerprint density at radius 3 is 2.82 bits per heavy atom. The van der Waals surface area contributed by atoms with Gasteiger partial charge >= 0.3 is 0 Å². The molecule has 1 aliphatic carbocycles. The van der Waals surface area contributed by atoms with Gasteiger partial charge in [0.05, 0.1) is 0 Å². The van der Waals surface area contributed by atoms with E-state index >= 15 is 0 Å². The van der Waals surface area contributed by atoms with Crippen LogP contribution in [0.25, 0.3) is 10.9 Å². The Labute approximate surface area is 100 Å². The van der Waals surface area contributed by atoms with Gasteiger partial charge in [-0.2, -0.15) is 0 Å². The molecule has 1 radical (unpaired) electrons. The minimum absolute atomic E-state index is 0.0408. The van der Waals surface area contributed by atoms with Gasteiger partial charge in [-0.15, -0.1) is 0 Å². The molecule has 2 aromatic rings. The van der Waals surface area contributed by atoms with Gasteiger partial charge in [0.2, 0.25) is 5.91 Å². The van der Waals surface area contributed by atoms with Crippen molar-refractivity contribution in [2.24, 2.45) is 0 Å². The minimum Gasteiger partial charge on any atom is -0.357 e. The zero-order valence-corrected chi connectivity index (χ0v) is 9.79. The Morgan fingerprint density at radius 1 is 1.35 bits per heavy atom. The Morgan fingerprint density at radius 2 is 2.12 bits per heavy atom. The van der Waals surface area contributed by atoms with Crippen LogP contribution in [-0.2, 0) is 4.79 Å². The first kappa shape index (κ1) is 10.4. The lowest BCUT2D eigenvalue weighted by Crippen LogP contribution is -2.30.